The molecular weight excluding hydrogens is 533 g/mol. The molecule has 4 nitrogen and oxygen atoms in total. The average Bonchev–Trinajstić information content (AvgIpc) is 3.08. The van der Waals surface area contributed by atoms with Gasteiger partial charge in [0.1, 0.15) is 0 Å². The Bertz CT molecular complexity index is 2290. The van der Waals surface area contributed by atoms with Gasteiger partial charge in [-0.1, -0.05) is 109 Å². The molecule has 3 aromatic heterocycles. The predicted molar refractivity (Wildman–Crippen MR) is 175 cm³/mol. The number of benzene rings is 5. The Morgan fingerprint density at radius 3 is 1.69 bits per heavy atom. The van der Waals surface area contributed by atoms with E-state index < -0.39 is 7.14 Å². The van der Waals surface area contributed by atoms with Gasteiger partial charge in [-0.05, 0) is 24.3 Å². The van der Waals surface area contributed by atoms with Gasteiger partial charge in [-0.25, -0.2) is 4.98 Å². The first kappa shape index (κ1) is 24.6. The van der Waals surface area contributed by atoms with Crippen LogP contribution in [0.25, 0.3) is 54.7 Å². The number of fused-ring (bicyclic) bond motifs is 8. The van der Waals surface area contributed by atoms with Crippen LogP contribution in [0.15, 0.2) is 146 Å². The predicted octanol–water partition coefficient (Wildman–Crippen LogP) is 7.79. The molecule has 5 heteroatoms. The highest BCUT2D eigenvalue weighted by Gasteiger charge is 2.30. The van der Waals surface area contributed by atoms with Crippen molar-refractivity contribution in [3.05, 3.63) is 146 Å². The Balaban J connectivity index is 1.50. The smallest absolute Gasteiger partial charge is 0.171 e. The lowest BCUT2D eigenvalue weighted by Gasteiger charge is -2.21. The second-order valence-electron chi connectivity index (χ2n) is 10.4. The fourth-order valence-corrected chi connectivity index (χ4v) is 8.82. The zero-order valence-electron chi connectivity index (χ0n) is 22.6. The maximum Gasteiger partial charge on any atom is 0.171 e. The summed E-state index contributed by atoms with van der Waals surface area (Å²) in [6.07, 6.45) is 3.63. The molecule has 0 spiro atoms. The summed E-state index contributed by atoms with van der Waals surface area (Å²) in [5.41, 5.74) is 4.35. The number of hydrogen-bond donors (Lipinski definition) is 0. The van der Waals surface area contributed by atoms with Gasteiger partial charge in [0.2, 0.25) is 0 Å². The van der Waals surface area contributed by atoms with Crippen LogP contribution in [-0.4, -0.2) is 15.0 Å². The first-order valence-electron chi connectivity index (χ1n) is 13.9. The molecule has 8 rings (SSSR count). The van der Waals surface area contributed by atoms with Gasteiger partial charge in [0.25, 0.3) is 0 Å². The van der Waals surface area contributed by atoms with Crippen molar-refractivity contribution in [2.45, 2.75) is 0 Å². The lowest BCUT2D eigenvalue weighted by Crippen LogP contribution is -2.25. The van der Waals surface area contributed by atoms with Crippen molar-refractivity contribution >= 4 is 66.5 Å². The number of pyridine rings is 3. The summed E-state index contributed by atoms with van der Waals surface area (Å²) < 4.78 is 15.2. The molecule has 0 unspecified atom stereocenters. The zero-order valence-corrected chi connectivity index (χ0v) is 23.4. The van der Waals surface area contributed by atoms with Crippen molar-refractivity contribution in [1.82, 2.24) is 15.0 Å². The van der Waals surface area contributed by atoms with Crippen LogP contribution in [0.2, 0.25) is 0 Å². The summed E-state index contributed by atoms with van der Waals surface area (Å²) in [6, 6.07) is 44.1. The first-order valence-corrected chi connectivity index (χ1v) is 15.6. The van der Waals surface area contributed by atoms with Crippen LogP contribution in [0.4, 0.5) is 0 Å². The monoisotopic (exact) mass is 557 g/mol. The van der Waals surface area contributed by atoms with Gasteiger partial charge in [-0.15, -0.1) is 0 Å². The average molecular weight is 558 g/mol. The molecule has 8 aromatic rings. The van der Waals surface area contributed by atoms with Gasteiger partial charge < -0.3 is 4.57 Å². The van der Waals surface area contributed by atoms with Crippen LogP contribution in [0.3, 0.4) is 0 Å². The number of rotatable bonds is 4. The highest BCUT2D eigenvalue weighted by molar-refractivity contribution is 7.85. The molecule has 0 bridgehead atoms. The summed E-state index contributed by atoms with van der Waals surface area (Å²) in [5, 5.41) is 7.58. The molecule has 0 saturated heterocycles. The SMILES string of the molecule is O=P(c1ccccc1)(c1ccccc1)c1cccc(-c2nc3ccccc3c3c4cccnc4c4ncccc4c23)c1. The quantitative estimate of drug-likeness (QED) is 0.164. The van der Waals surface area contributed by atoms with Crippen LogP contribution in [-0.2, 0) is 4.57 Å². The molecule has 0 N–H and O–H groups in total. The Hall–Kier alpha value is -5.18. The molecule has 3 heterocycles. The molecule has 5 aromatic carbocycles. The molecule has 0 aliphatic rings. The molecule has 0 atom stereocenters. The minimum atomic E-state index is -3.17. The zero-order chi connectivity index (χ0) is 28.1. The molecule has 0 amide bonds. The van der Waals surface area contributed by atoms with Crippen LogP contribution >= 0.6 is 7.14 Å². The van der Waals surface area contributed by atoms with Gasteiger partial charge in [0.05, 0.1) is 22.2 Å². The van der Waals surface area contributed by atoms with Gasteiger partial charge in [0.15, 0.2) is 7.14 Å². The number of hydrogen-bond acceptors (Lipinski definition) is 4. The van der Waals surface area contributed by atoms with E-state index in [4.69, 9.17) is 15.0 Å². The summed E-state index contributed by atoms with van der Waals surface area (Å²) in [5.74, 6) is 0. The Morgan fingerprint density at radius 2 is 1.02 bits per heavy atom. The summed E-state index contributed by atoms with van der Waals surface area (Å²) in [7, 11) is -3.17. The minimum Gasteiger partial charge on any atom is -0.309 e. The van der Waals surface area contributed by atoms with E-state index in [9.17, 15) is 0 Å². The normalized spacial score (nSPS) is 11.9. The largest absolute Gasteiger partial charge is 0.309 e. The molecule has 198 valence electrons. The molecule has 0 aliphatic carbocycles. The second kappa shape index (κ2) is 9.73. The van der Waals surface area contributed by atoms with Gasteiger partial charge in [-0.3, -0.25) is 9.97 Å². The molecule has 42 heavy (non-hydrogen) atoms. The topological polar surface area (TPSA) is 55.7 Å². The van der Waals surface area contributed by atoms with E-state index in [1.165, 1.54) is 0 Å². The standard InChI is InChI=1S/C37H24N3OP/c41-42(26-13-3-1-4-14-26,27-15-5-2-6-16-27)28-17-9-12-25(24-28)35-34-31-20-11-23-39-37(31)36-30(19-10-22-38-36)33(34)29-18-7-8-21-32(29)40-35/h1-24H. The van der Waals surface area contributed by atoms with Crippen LogP contribution in [0.5, 0.6) is 0 Å². The van der Waals surface area contributed by atoms with Crippen molar-refractivity contribution in [3.8, 4) is 11.3 Å². The van der Waals surface area contributed by atoms with E-state index in [0.29, 0.717) is 0 Å². The maximum atomic E-state index is 15.2. The second-order valence-corrected chi connectivity index (χ2v) is 13.1. The summed E-state index contributed by atoms with van der Waals surface area (Å²) >= 11 is 0. The third kappa shape index (κ3) is 3.69. The summed E-state index contributed by atoms with van der Waals surface area (Å²) in [4.78, 5) is 14.8. The third-order valence-electron chi connectivity index (χ3n) is 7.99. The van der Waals surface area contributed by atoms with Crippen molar-refractivity contribution < 1.29 is 4.57 Å². The van der Waals surface area contributed by atoms with Crippen LogP contribution < -0.4 is 15.9 Å². The minimum absolute atomic E-state index is 0.769. The fraction of sp³-hybridized carbons (Fsp3) is 0. The van der Waals surface area contributed by atoms with Gasteiger partial charge >= 0.3 is 0 Å². The van der Waals surface area contributed by atoms with Crippen molar-refractivity contribution in [2.75, 3.05) is 0 Å². The lowest BCUT2D eigenvalue weighted by molar-refractivity contribution is 0.592. The molecule has 0 saturated carbocycles. The Morgan fingerprint density at radius 1 is 0.476 bits per heavy atom. The van der Waals surface area contributed by atoms with E-state index in [1.807, 2.05) is 103 Å². The highest BCUT2D eigenvalue weighted by atomic mass is 31.2. The van der Waals surface area contributed by atoms with E-state index in [-0.39, 0.29) is 0 Å². The van der Waals surface area contributed by atoms with Gasteiger partial charge in [0, 0.05) is 60.8 Å². The van der Waals surface area contributed by atoms with Gasteiger partial charge in [-0.2, -0.15) is 0 Å². The van der Waals surface area contributed by atoms with Crippen LogP contribution in [0.1, 0.15) is 0 Å². The maximum absolute atomic E-state index is 15.2. The van der Waals surface area contributed by atoms with E-state index in [1.54, 1.807) is 0 Å². The van der Waals surface area contributed by atoms with E-state index in [0.717, 1.165) is 70.7 Å². The Labute approximate surface area is 242 Å². The summed E-state index contributed by atoms with van der Waals surface area (Å²) in [6.45, 7) is 0. The van der Waals surface area contributed by atoms with E-state index in [2.05, 4.69) is 42.5 Å². The first-order chi connectivity index (χ1) is 20.7. The lowest BCUT2D eigenvalue weighted by atomic mass is 9.93. The van der Waals surface area contributed by atoms with Crippen molar-refractivity contribution in [3.63, 3.8) is 0 Å². The molecule has 0 fully saturated rings. The third-order valence-corrected chi connectivity index (χ3v) is 11.0. The van der Waals surface area contributed by atoms with Crippen molar-refractivity contribution in [1.29, 1.82) is 0 Å². The Kier molecular flexibility index (Phi) is 5.70. The van der Waals surface area contributed by atoms with Crippen LogP contribution in [0, 0.1) is 0 Å². The van der Waals surface area contributed by atoms with E-state index >= 15 is 4.57 Å². The number of para-hydroxylation sites is 1. The number of aromatic nitrogens is 3. The molecule has 0 aliphatic heterocycles. The fourth-order valence-electron chi connectivity index (χ4n) is 6.13. The van der Waals surface area contributed by atoms with Crippen molar-refractivity contribution in [2.24, 2.45) is 0 Å². The molecular formula is C37H24N3OP. The molecule has 0 radical (unpaired) electrons. The highest BCUT2D eigenvalue weighted by Crippen LogP contribution is 2.45. The number of nitrogens with zero attached hydrogens (tertiary/aromatic N) is 3.